The van der Waals surface area contributed by atoms with Crippen molar-refractivity contribution in [2.75, 3.05) is 39.6 Å². The van der Waals surface area contributed by atoms with Gasteiger partial charge in [-0.1, -0.05) is 96.8 Å². The Bertz CT molecular complexity index is 343. The van der Waals surface area contributed by atoms with Crippen LogP contribution in [0, 0.1) is 0 Å². The first-order valence-corrected chi connectivity index (χ1v) is 13.1. The molecule has 0 heterocycles. The number of ether oxygens (including phenoxy) is 3. The summed E-state index contributed by atoms with van der Waals surface area (Å²) in [7, 11) is 0. The molecular weight excluding hydrogens is 392 g/mol. The van der Waals surface area contributed by atoms with Crippen molar-refractivity contribution in [2.24, 2.45) is 0 Å². The van der Waals surface area contributed by atoms with E-state index in [1.807, 2.05) is 13.8 Å². The minimum atomic E-state index is -0.833. The van der Waals surface area contributed by atoms with Crippen molar-refractivity contribution in [2.45, 2.75) is 129 Å². The minimum Gasteiger partial charge on any atom is -0.394 e. The predicted octanol–water partition coefficient (Wildman–Crippen LogP) is 6.04. The number of unbranched alkanes of at least 4 members (excludes halogenated alkanes) is 13. The highest BCUT2D eigenvalue weighted by atomic mass is 16.6. The fourth-order valence-corrected chi connectivity index (χ4v) is 3.80. The van der Waals surface area contributed by atoms with Gasteiger partial charge in [-0.05, 0) is 20.3 Å². The third-order valence-corrected chi connectivity index (χ3v) is 5.76. The summed E-state index contributed by atoms with van der Waals surface area (Å²) in [5.74, 6) is 0. The maximum absolute atomic E-state index is 10.4. The molecule has 0 spiro atoms. The first-order chi connectivity index (χ1) is 15.0. The van der Waals surface area contributed by atoms with Crippen LogP contribution in [0.25, 0.3) is 0 Å². The maximum Gasteiger partial charge on any atom is 0.0857 e. The maximum atomic E-state index is 10.4. The number of hydrogen-bond acceptors (Lipinski definition) is 5. The fourth-order valence-electron chi connectivity index (χ4n) is 3.80. The number of rotatable bonds is 25. The van der Waals surface area contributed by atoms with Crippen molar-refractivity contribution >= 4 is 0 Å². The molecule has 0 aromatic rings. The Hall–Kier alpha value is -0.200. The van der Waals surface area contributed by atoms with E-state index in [1.54, 1.807) is 0 Å². The van der Waals surface area contributed by atoms with Gasteiger partial charge in [-0.2, -0.15) is 0 Å². The summed E-state index contributed by atoms with van der Waals surface area (Å²) in [6.07, 6.45) is 19.7. The summed E-state index contributed by atoms with van der Waals surface area (Å²) in [6.45, 7) is 8.26. The van der Waals surface area contributed by atoms with Crippen molar-refractivity contribution in [3.8, 4) is 0 Å². The van der Waals surface area contributed by atoms with Crippen LogP contribution in [-0.2, 0) is 14.2 Å². The summed E-state index contributed by atoms with van der Waals surface area (Å²) in [6, 6.07) is 0. The second-order valence-electron chi connectivity index (χ2n) is 9.35. The normalized spacial score (nSPS) is 13.1. The predicted molar refractivity (Wildman–Crippen MR) is 130 cm³/mol. The molecule has 0 aromatic heterocycles. The van der Waals surface area contributed by atoms with Crippen LogP contribution in [0.1, 0.15) is 117 Å². The molecule has 1 atom stereocenters. The standard InChI is InChI=1S/C26H54O5/c1-4-5-6-7-8-9-10-11-12-13-14-15-16-17-18-25(26(2,3)28)31-24-23-30-22-21-29-20-19-27/h25,27-28H,4-24H2,1-3H3. The van der Waals surface area contributed by atoms with E-state index in [4.69, 9.17) is 19.3 Å². The monoisotopic (exact) mass is 446 g/mol. The minimum absolute atomic E-state index is 0.0373. The molecule has 0 saturated carbocycles. The van der Waals surface area contributed by atoms with Gasteiger partial charge in [0.25, 0.3) is 0 Å². The smallest absolute Gasteiger partial charge is 0.0857 e. The van der Waals surface area contributed by atoms with Gasteiger partial charge in [-0.25, -0.2) is 0 Å². The molecule has 188 valence electrons. The molecule has 0 aromatic carbocycles. The third-order valence-electron chi connectivity index (χ3n) is 5.76. The summed E-state index contributed by atoms with van der Waals surface area (Å²) in [4.78, 5) is 0. The van der Waals surface area contributed by atoms with Gasteiger partial charge in [0.1, 0.15) is 0 Å². The van der Waals surface area contributed by atoms with Gasteiger partial charge < -0.3 is 24.4 Å². The average Bonchev–Trinajstić information content (AvgIpc) is 2.73. The average molecular weight is 447 g/mol. The topological polar surface area (TPSA) is 68.2 Å². The largest absolute Gasteiger partial charge is 0.394 e. The highest BCUT2D eigenvalue weighted by molar-refractivity contribution is 4.78. The van der Waals surface area contributed by atoms with Gasteiger partial charge in [-0.3, -0.25) is 0 Å². The fraction of sp³-hybridized carbons (Fsp3) is 1.00. The summed E-state index contributed by atoms with van der Waals surface area (Å²) >= 11 is 0. The lowest BCUT2D eigenvalue weighted by Gasteiger charge is -2.29. The SMILES string of the molecule is CCCCCCCCCCCCCCCCC(OCCOCCOCCO)C(C)(C)O. The van der Waals surface area contributed by atoms with Crippen molar-refractivity contribution in [3.63, 3.8) is 0 Å². The zero-order valence-corrected chi connectivity index (χ0v) is 21.0. The lowest BCUT2D eigenvalue weighted by atomic mass is 9.95. The summed E-state index contributed by atoms with van der Waals surface area (Å²) in [5, 5.41) is 19.0. The van der Waals surface area contributed by atoms with E-state index in [9.17, 15) is 5.11 Å². The molecule has 0 aliphatic rings. The molecular formula is C26H54O5. The van der Waals surface area contributed by atoms with Crippen molar-refractivity contribution < 1.29 is 24.4 Å². The molecule has 5 nitrogen and oxygen atoms in total. The second kappa shape index (κ2) is 23.0. The molecule has 0 amide bonds. The van der Waals surface area contributed by atoms with Crippen LogP contribution in [0.4, 0.5) is 0 Å². The molecule has 2 N–H and O–H groups in total. The van der Waals surface area contributed by atoms with Crippen molar-refractivity contribution in [1.82, 2.24) is 0 Å². The zero-order valence-electron chi connectivity index (χ0n) is 21.0. The van der Waals surface area contributed by atoms with E-state index in [0.29, 0.717) is 33.0 Å². The van der Waals surface area contributed by atoms with E-state index >= 15 is 0 Å². The molecule has 0 fully saturated rings. The quantitative estimate of drug-likeness (QED) is 0.167. The van der Waals surface area contributed by atoms with Gasteiger partial charge >= 0.3 is 0 Å². The van der Waals surface area contributed by atoms with Crippen LogP contribution in [0.3, 0.4) is 0 Å². The number of aliphatic hydroxyl groups excluding tert-OH is 1. The van der Waals surface area contributed by atoms with E-state index in [2.05, 4.69) is 6.92 Å². The summed E-state index contributed by atoms with van der Waals surface area (Å²) in [5.41, 5.74) is -0.833. The number of hydrogen-bond donors (Lipinski definition) is 2. The van der Waals surface area contributed by atoms with E-state index < -0.39 is 5.60 Å². The second-order valence-corrected chi connectivity index (χ2v) is 9.35. The molecule has 0 bridgehead atoms. The molecule has 0 saturated heterocycles. The Morgan fingerprint density at radius 1 is 0.613 bits per heavy atom. The van der Waals surface area contributed by atoms with E-state index in [1.165, 1.54) is 83.5 Å². The van der Waals surface area contributed by atoms with Crippen molar-refractivity contribution in [3.05, 3.63) is 0 Å². The highest BCUT2D eigenvalue weighted by Gasteiger charge is 2.26. The first kappa shape index (κ1) is 30.8. The van der Waals surface area contributed by atoms with Gasteiger partial charge in [0.05, 0.1) is 51.3 Å². The molecule has 0 rings (SSSR count). The van der Waals surface area contributed by atoms with Crippen LogP contribution < -0.4 is 0 Å². The first-order valence-electron chi connectivity index (χ1n) is 13.1. The zero-order chi connectivity index (χ0) is 23.0. The molecule has 5 heteroatoms. The van der Waals surface area contributed by atoms with Gasteiger partial charge in [-0.15, -0.1) is 0 Å². The van der Waals surface area contributed by atoms with E-state index in [-0.39, 0.29) is 12.7 Å². The Morgan fingerprint density at radius 2 is 1.03 bits per heavy atom. The molecule has 1 unspecified atom stereocenters. The number of aliphatic hydroxyl groups is 2. The Balaban J connectivity index is 3.54. The van der Waals surface area contributed by atoms with Gasteiger partial charge in [0.15, 0.2) is 0 Å². The van der Waals surface area contributed by atoms with Gasteiger partial charge in [0.2, 0.25) is 0 Å². The van der Waals surface area contributed by atoms with Crippen LogP contribution in [0.2, 0.25) is 0 Å². The molecule has 0 aliphatic heterocycles. The Morgan fingerprint density at radius 3 is 1.48 bits per heavy atom. The van der Waals surface area contributed by atoms with Crippen molar-refractivity contribution in [1.29, 1.82) is 0 Å². The molecule has 0 radical (unpaired) electrons. The lowest BCUT2D eigenvalue weighted by molar-refractivity contribution is -0.104. The molecule has 31 heavy (non-hydrogen) atoms. The summed E-state index contributed by atoms with van der Waals surface area (Å²) < 4.78 is 16.5. The molecule has 0 aliphatic carbocycles. The van der Waals surface area contributed by atoms with E-state index in [0.717, 1.165) is 12.8 Å². The van der Waals surface area contributed by atoms with Crippen LogP contribution >= 0.6 is 0 Å². The van der Waals surface area contributed by atoms with Gasteiger partial charge in [0, 0.05) is 0 Å². The lowest BCUT2D eigenvalue weighted by Crippen LogP contribution is -2.39. The van der Waals surface area contributed by atoms with Crippen LogP contribution in [0.5, 0.6) is 0 Å². The Kier molecular flexibility index (Phi) is 22.8. The third kappa shape index (κ3) is 22.8. The van der Waals surface area contributed by atoms with Crippen LogP contribution in [-0.4, -0.2) is 61.6 Å². The Labute approximate surface area is 193 Å². The van der Waals surface area contributed by atoms with Crippen LogP contribution in [0.15, 0.2) is 0 Å². The highest BCUT2D eigenvalue weighted by Crippen LogP contribution is 2.20.